The Morgan fingerprint density at radius 3 is 2.89 bits per heavy atom. The lowest BCUT2D eigenvalue weighted by Gasteiger charge is -2.07. The Balaban J connectivity index is 2.31. The fourth-order valence-electron chi connectivity index (χ4n) is 1.72. The summed E-state index contributed by atoms with van der Waals surface area (Å²) in [5.41, 5.74) is 1.75. The van der Waals surface area contributed by atoms with Crippen LogP contribution in [0.15, 0.2) is 18.2 Å². The van der Waals surface area contributed by atoms with Gasteiger partial charge in [-0.25, -0.2) is 0 Å². The van der Waals surface area contributed by atoms with Gasteiger partial charge in [0, 0.05) is 0 Å². The molecule has 1 aromatic heterocycles. The summed E-state index contributed by atoms with van der Waals surface area (Å²) in [7, 11) is 1.62. The molecule has 0 aliphatic carbocycles. The van der Waals surface area contributed by atoms with Crippen LogP contribution in [-0.2, 0) is 17.6 Å². The fourth-order valence-corrected chi connectivity index (χ4v) is 1.72. The zero-order valence-corrected chi connectivity index (χ0v) is 10.7. The Labute approximate surface area is 109 Å². The summed E-state index contributed by atoms with van der Waals surface area (Å²) in [4.78, 5) is 11.9. The van der Waals surface area contributed by atoms with Crippen LogP contribution in [-0.4, -0.2) is 38.4 Å². The van der Waals surface area contributed by atoms with Gasteiger partial charge in [0.2, 0.25) is 0 Å². The van der Waals surface area contributed by atoms with Gasteiger partial charge in [-0.05, 0) is 35.4 Å². The van der Waals surface area contributed by atoms with Crippen LogP contribution in [0, 0.1) is 0 Å². The van der Waals surface area contributed by atoms with Crippen molar-refractivity contribution in [2.45, 2.75) is 19.8 Å². The average Bonchev–Trinajstić information content (AvgIpc) is 2.85. The molecule has 7 nitrogen and oxygen atoms in total. The summed E-state index contributed by atoms with van der Waals surface area (Å²) in [6.45, 7) is 2.02. The molecular formula is C12H14N4O3. The first-order valence-corrected chi connectivity index (χ1v) is 5.82. The number of aryl methyl sites for hydroxylation is 1. The largest absolute Gasteiger partial charge is 0.496 e. The zero-order chi connectivity index (χ0) is 13.8. The number of nitrogens with zero attached hydrogens (tertiary/aromatic N) is 4. The molecule has 2 rings (SSSR count). The van der Waals surface area contributed by atoms with Gasteiger partial charge in [0.1, 0.15) is 12.2 Å². The minimum absolute atomic E-state index is 0.182. The van der Waals surface area contributed by atoms with Crippen LogP contribution in [0.3, 0.4) is 0 Å². The van der Waals surface area contributed by atoms with Crippen molar-refractivity contribution < 1.29 is 14.6 Å². The maximum atomic E-state index is 10.6. The second kappa shape index (κ2) is 5.47. The highest BCUT2D eigenvalue weighted by Crippen LogP contribution is 2.21. The summed E-state index contributed by atoms with van der Waals surface area (Å²) in [6.07, 6.45) is 0.574. The molecule has 0 atom stereocenters. The summed E-state index contributed by atoms with van der Waals surface area (Å²) in [5.74, 6) is 0.00187. The second-order valence-electron chi connectivity index (χ2n) is 3.92. The van der Waals surface area contributed by atoms with Gasteiger partial charge in [-0.1, -0.05) is 6.92 Å². The van der Waals surface area contributed by atoms with E-state index in [4.69, 9.17) is 9.84 Å². The number of benzene rings is 1. The Morgan fingerprint density at radius 1 is 1.47 bits per heavy atom. The van der Waals surface area contributed by atoms with Crippen molar-refractivity contribution in [3.63, 3.8) is 0 Å². The average molecular weight is 262 g/mol. The van der Waals surface area contributed by atoms with Crippen LogP contribution >= 0.6 is 0 Å². The highest BCUT2D eigenvalue weighted by molar-refractivity contribution is 5.68. The monoisotopic (exact) mass is 262 g/mol. The van der Waals surface area contributed by atoms with E-state index in [1.54, 1.807) is 13.2 Å². The Bertz CT molecular complexity index is 594. The van der Waals surface area contributed by atoms with Crippen molar-refractivity contribution in [1.82, 2.24) is 20.2 Å². The number of rotatable bonds is 5. The number of hydrogen-bond acceptors (Lipinski definition) is 5. The molecule has 0 unspecified atom stereocenters. The van der Waals surface area contributed by atoms with E-state index in [0.29, 0.717) is 0 Å². The molecule has 1 N–H and O–H groups in total. The molecule has 0 bridgehead atoms. The van der Waals surface area contributed by atoms with E-state index < -0.39 is 5.97 Å². The van der Waals surface area contributed by atoms with Crippen molar-refractivity contribution >= 4 is 5.97 Å². The lowest BCUT2D eigenvalue weighted by atomic mass is 10.1. The van der Waals surface area contributed by atoms with E-state index in [1.807, 2.05) is 19.1 Å². The molecule has 0 aliphatic rings. The van der Waals surface area contributed by atoms with Crippen LogP contribution < -0.4 is 4.74 Å². The quantitative estimate of drug-likeness (QED) is 0.859. The Morgan fingerprint density at radius 2 is 2.26 bits per heavy atom. The zero-order valence-electron chi connectivity index (χ0n) is 10.7. The van der Waals surface area contributed by atoms with Crippen LogP contribution in [0.25, 0.3) is 5.69 Å². The second-order valence-corrected chi connectivity index (χ2v) is 3.92. The predicted molar refractivity (Wildman–Crippen MR) is 66.4 cm³/mol. The van der Waals surface area contributed by atoms with E-state index >= 15 is 0 Å². The van der Waals surface area contributed by atoms with Crippen LogP contribution in [0.5, 0.6) is 5.75 Å². The van der Waals surface area contributed by atoms with E-state index in [2.05, 4.69) is 15.4 Å². The molecule has 0 radical (unpaired) electrons. The van der Waals surface area contributed by atoms with Gasteiger partial charge in [-0.15, -0.1) is 15.0 Å². The van der Waals surface area contributed by atoms with Gasteiger partial charge >= 0.3 is 5.97 Å². The molecule has 2 aromatic rings. The van der Waals surface area contributed by atoms with Crippen molar-refractivity contribution in [2.75, 3.05) is 7.11 Å². The van der Waals surface area contributed by atoms with Gasteiger partial charge in [0.25, 0.3) is 0 Å². The van der Waals surface area contributed by atoms with Crippen LogP contribution in [0.2, 0.25) is 0 Å². The van der Waals surface area contributed by atoms with Crippen LogP contribution in [0.1, 0.15) is 18.3 Å². The van der Waals surface area contributed by atoms with Gasteiger partial charge in [-0.2, -0.15) is 0 Å². The third-order valence-corrected chi connectivity index (χ3v) is 2.64. The fraction of sp³-hybridized carbons (Fsp3) is 0.333. The number of ether oxygens (including phenoxy) is 1. The van der Waals surface area contributed by atoms with Crippen molar-refractivity contribution in [3.8, 4) is 11.4 Å². The number of carboxylic acids is 1. The molecule has 7 heteroatoms. The van der Waals surface area contributed by atoms with Crippen molar-refractivity contribution in [3.05, 3.63) is 29.6 Å². The molecule has 1 aromatic carbocycles. The number of aromatic nitrogens is 4. The Hall–Kier alpha value is -2.44. The number of aliphatic carboxylic acids is 1. The minimum Gasteiger partial charge on any atom is -0.496 e. The van der Waals surface area contributed by atoms with Crippen LogP contribution in [0.4, 0.5) is 0 Å². The number of methoxy groups -OCH3 is 1. The molecule has 0 fully saturated rings. The summed E-state index contributed by atoms with van der Waals surface area (Å²) < 4.78 is 5.24. The lowest BCUT2D eigenvalue weighted by molar-refractivity contribution is -0.136. The van der Waals surface area contributed by atoms with E-state index in [-0.39, 0.29) is 12.2 Å². The third-order valence-electron chi connectivity index (χ3n) is 2.64. The SMILES string of the molecule is CCc1cc(-n2nnc(CC(=O)O)n2)ccc1OC. The summed E-state index contributed by atoms with van der Waals surface area (Å²) in [5, 5.41) is 20.2. The van der Waals surface area contributed by atoms with Gasteiger partial charge in [-0.3, -0.25) is 4.79 Å². The van der Waals surface area contributed by atoms with E-state index in [0.717, 1.165) is 23.4 Å². The maximum Gasteiger partial charge on any atom is 0.311 e. The minimum atomic E-state index is -0.983. The predicted octanol–water partition coefficient (Wildman–Crippen LogP) is 0.860. The Kier molecular flexibility index (Phi) is 3.74. The summed E-state index contributed by atoms with van der Waals surface area (Å²) >= 11 is 0. The van der Waals surface area contributed by atoms with Gasteiger partial charge < -0.3 is 9.84 Å². The normalized spacial score (nSPS) is 10.4. The third kappa shape index (κ3) is 2.87. The van der Waals surface area contributed by atoms with Crippen molar-refractivity contribution in [1.29, 1.82) is 0 Å². The molecule has 0 aliphatic heterocycles. The first-order chi connectivity index (χ1) is 9.13. The molecular weight excluding hydrogens is 248 g/mol. The van der Waals surface area contributed by atoms with Crippen molar-refractivity contribution in [2.24, 2.45) is 0 Å². The first kappa shape index (κ1) is 13.0. The summed E-state index contributed by atoms with van der Waals surface area (Å²) in [6, 6.07) is 5.52. The number of hydrogen-bond donors (Lipinski definition) is 1. The standard InChI is InChI=1S/C12H14N4O3/c1-3-8-6-9(4-5-10(8)19-2)16-14-11(13-15-16)7-12(17)18/h4-6H,3,7H2,1-2H3,(H,17,18). The molecule has 0 saturated carbocycles. The first-order valence-electron chi connectivity index (χ1n) is 5.82. The molecule has 100 valence electrons. The molecule has 0 saturated heterocycles. The number of tetrazole rings is 1. The maximum absolute atomic E-state index is 10.6. The topological polar surface area (TPSA) is 90.1 Å². The highest BCUT2D eigenvalue weighted by Gasteiger charge is 2.10. The van der Waals surface area contributed by atoms with E-state index in [1.165, 1.54) is 4.80 Å². The molecule has 0 amide bonds. The van der Waals surface area contributed by atoms with Gasteiger partial charge in [0.05, 0.1) is 12.8 Å². The van der Waals surface area contributed by atoms with E-state index in [9.17, 15) is 4.79 Å². The molecule has 1 heterocycles. The smallest absolute Gasteiger partial charge is 0.311 e. The number of carbonyl (C=O) groups is 1. The lowest BCUT2D eigenvalue weighted by Crippen LogP contribution is -2.04. The molecule has 19 heavy (non-hydrogen) atoms. The highest BCUT2D eigenvalue weighted by atomic mass is 16.5. The number of carboxylic acid groups (broad SMARTS) is 1. The molecule has 0 spiro atoms. The van der Waals surface area contributed by atoms with Gasteiger partial charge in [0.15, 0.2) is 5.82 Å².